The number of nitrogens with zero attached hydrogens (tertiary/aromatic N) is 4. The minimum absolute atomic E-state index is 0.354. The number of pyridine rings is 1. The molecule has 0 aromatic carbocycles. The second-order valence-corrected chi connectivity index (χ2v) is 10.1. The molecular formula is C24H24N6O2S2. The third kappa shape index (κ3) is 5.52. The standard InChI is InChI=1S/C24H24N6O2S2/c31-22-21(34-24(32)29-22)11-19-3-7-26-23(28-19)30-8-4-16(5-9-30)12-25-13-17-1-2-20(27-14-17)18-6-10-33-15-18/h1-3,6-7,10-11,14-16,25H,4-5,8-9,12-13H2,(H,29,31,32)/b21-11+. The summed E-state index contributed by atoms with van der Waals surface area (Å²) in [6, 6.07) is 8.05. The monoisotopic (exact) mass is 492 g/mol. The Labute approximate surface area is 205 Å². The van der Waals surface area contributed by atoms with Gasteiger partial charge in [-0.1, -0.05) is 6.07 Å². The molecule has 3 aromatic rings. The van der Waals surface area contributed by atoms with Crippen LogP contribution in [0.15, 0.2) is 52.3 Å². The molecule has 10 heteroatoms. The predicted octanol–water partition coefficient (Wildman–Crippen LogP) is 3.93. The van der Waals surface area contributed by atoms with E-state index in [2.05, 4.69) is 59.4 Å². The second kappa shape index (κ2) is 10.5. The molecular weight excluding hydrogens is 468 g/mol. The van der Waals surface area contributed by atoms with Crippen LogP contribution < -0.4 is 15.5 Å². The zero-order valence-electron chi connectivity index (χ0n) is 18.4. The molecule has 5 heterocycles. The fourth-order valence-corrected chi connectivity index (χ4v) is 5.33. The molecule has 2 amide bonds. The van der Waals surface area contributed by atoms with E-state index < -0.39 is 0 Å². The van der Waals surface area contributed by atoms with Gasteiger partial charge in [0.2, 0.25) is 5.95 Å². The van der Waals surface area contributed by atoms with Crippen LogP contribution in [-0.2, 0) is 11.3 Å². The average molecular weight is 493 g/mol. The number of carbonyl (C=O) groups excluding carboxylic acids is 2. The van der Waals surface area contributed by atoms with Gasteiger partial charge in [-0.05, 0) is 72.3 Å². The van der Waals surface area contributed by atoms with Crippen molar-refractivity contribution in [2.24, 2.45) is 5.92 Å². The van der Waals surface area contributed by atoms with Crippen LogP contribution in [0.25, 0.3) is 17.3 Å². The number of hydrogen-bond donors (Lipinski definition) is 2. The van der Waals surface area contributed by atoms with Crippen molar-refractivity contribution in [3.63, 3.8) is 0 Å². The number of carbonyl (C=O) groups is 2. The van der Waals surface area contributed by atoms with Crippen molar-refractivity contribution in [3.05, 3.63) is 63.6 Å². The molecule has 2 saturated heterocycles. The van der Waals surface area contributed by atoms with Crippen molar-refractivity contribution < 1.29 is 9.59 Å². The molecule has 2 aliphatic heterocycles. The van der Waals surface area contributed by atoms with E-state index in [1.165, 1.54) is 11.1 Å². The first-order valence-electron chi connectivity index (χ1n) is 11.1. The number of rotatable bonds is 7. The summed E-state index contributed by atoms with van der Waals surface area (Å²) >= 11 is 2.57. The second-order valence-electron chi connectivity index (χ2n) is 8.26. The Bertz CT molecular complexity index is 1190. The number of thioether (sulfide) groups is 1. The normalized spacial score (nSPS) is 18.0. The largest absolute Gasteiger partial charge is 0.341 e. The molecule has 2 fully saturated rings. The minimum Gasteiger partial charge on any atom is -0.341 e. The van der Waals surface area contributed by atoms with E-state index in [9.17, 15) is 9.59 Å². The lowest BCUT2D eigenvalue weighted by Gasteiger charge is -2.32. The van der Waals surface area contributed by atoms with Crippen molar-refractivity contribution in [1.29, 1.82) is 0 Å². The summed E-state index contributed by atoms with van der Waals surface area (Å²) in [5.74, 6) is 0.883. The maximum Gasteiger partial charge on any atom is 0.290 e. The van der Waals surface area contributed by atoms with Gasteiger partial charge in [0, 0.05) is 43.0 Å². The summed E-state index contributed by atoms with van der Waals surface area (Å²) in [5.41, 5.74) is 3.99. The van der Waals surface area contributed by atoms with E-state index in [0.29, 0.717) is 22.5 Å². The highest BCUT2D eigenvalue weighted by atomic mass is 32.2. The Kier molecular flexibility index (Phi) is 6.98. The third-order valence-electron chi connectivity index (χ3n) is 5.89. The smallest absolute Gasteiger partial charge is 0.290 e. The zero-order valence-corrected chi connectivity index (χ0v) is 20.1. The summed E-state index contributed by atoms with van der Waals surface area (Å²) in [5, 5.41) is 9.66. The molecule has 5 rings (SSSR count). The average Bonchev–Trinajstić information content (AvgIpc) is 3.50. The highest BCUT2D eigenvalue weighted by Gasteiger charge is 2.25. The van der Waals surface area contributed by atoms with Gasteiger partial charge in [-0.15, -0.1) is 0 Å². The molecule has 0 radical (unpaired) electrons. The van der Waals surface area contributed by atoms with Gasteiger partial charge in [-0.2, -0.15) is 11.3 Å². The van der Waals surface area contributed by atoms with Crippen LogP contribution in [0.4, 0.5) is 10.7 Å². The van der Waals surface area contributed by atoms with Gasteiger partial charge in [0.15, 0.2) is 0 Å². The third-order valence-corrected chi connectivity index (χ3v) is 7.38. The molecule has 0 aliphatic carbocycles. The first-order chi connectivity index (χ1) is 16.6. The van der Waals surface area contributed by atoms with Crippen LogP contribution in [0.2, 0.25) is 0 Å². The van der Waals surface area contributed by atoms with Crippen molar-refractivity contribution >= 4 is 46.3 Å². The van der Waals surface area contributed by atoms with Crippen LogP contribution in [-0.4, -0.2) is 45.7 Å². The Morgan fingerprint density at radius 1 is 1.15 bits per heavy atom. The topological polar surface area (TPSA) is 100 Å². The fourth-order valence-electron chi connectivity index (χ4n) is 4.02. The van der Waals surface area contributed by atoms with E-state index in [4.69, 9.17) is 0 Å². The number of thiophene rings is 1. The summed E-state index contributed by atoms with van der Waals surface area (Å²) in [6.07, 6.45) is 7.40. The quantitative estimate of drug-likeness (QED) is 0.479. The molecule has 8 nitrogen and oxygen atoms in total. The number of aromatic nitrogens is 3. The summed E-state index contributed by atoms with van der Waals surface area (Å²) in [4.78, 5) is 39.2. The predicted molar refractivity (Wildman–Crippen MR) is 135 cm³/mol. The van der Waals surface area contributed by atoms with E-state index in [1.807, 2.05) is 6.20 Å². The van der Waals surface area contributed by atoms with E-state index in [1.54, 1.807) is 29.7 Å². The van der Waals surface area contributed by atoms with Crippen LogP contribution in [0.1, 0.15) is 24.1 Å². The molecule has 0 unspecified atom stereocenters. The van der Waals surface area contributed by atoms with Gasteiger partial charge in [0.1, 0.15) is 0 Å². The molecule has 174 valence electrons. The van der Waals surface area contributed by atoms with Gasteiger partial charge in [-0.3, -0.25) is 19.9 Å². The lowest BCUT2D eigenvalue weighted by Crippen LogP contribution is -2.38. The van der Waals surface area contributed by atoms with Crippen LogP contribution >= 0.6 is 23.1 Å². The summed E-state index contributed by atoms with van der Waals surface area (Å²) in [6.45, 7) is 3.55. The van der Waals surface area contributed by atoms with E-state index >= 15 is 0 Å². The highest BCUT2D eigenvalue weighted by molar-refractivity contribution is 8.18. The number of anilines is 1. The minimum atomic E-state index is -0.377. The van der Waals surface area contributed by atoms with Gasteiger partial charge < -0.3 is 10.2 Å². The van der Waals surface area contributed by atoms with E-state index in [0.717, 1.165) is 56.5 Å². The van der Waals surface area contributed by atoms with Crippen molar-refractivity contribution in [2.45, 2.75) is 19.4 Å². The Morgan fingerprint density at radius 2 is 2.03 bits per heavy atom. The van der Waals surface area contributed by atoms with Crippen LogP contribution in [0, 0.1) is 5.92 Å². The highest BCUT2D eigenvalue weighted by Crippen LogP contribution is 2.26. The van der Waals surface area contributed by atoms with Crippen molar-refractivity contribution in [2.75, 3.05) is 24.5 Å². The van der Waals surface area contributed by atoms with E-state index in [-0.39, 0.29) is 11.1 Å². The van der Waals surface area contributed by atoms with Crippen molar-refractivity contribution in [3.8, 4) is 11.3 Å². The number of hydrogen-bond acceptors (Lipinski definition) is 9. The Hall–Kier alpha value is -3.08. The summed E-state index contributed by atoms with van der Waals surface area (Å²) < 4.78 is 0. The van der Waals surface area contributed by atoms with Crippen LogP contribution in [0.5, 0.6) is 0 Å². The number of piperidine rings is 1. The maximum absolute atomic E-state index is 11.8. The van der Waals surface area contributed by atoms with Crippen molar-refractivity contribution in [1.82, 2.24) is 25.6 Å². The first-order valence-corrected chi connectivity index (χ1v) is 12.9. The Morgan fingerprint density at radius 3 is 2.74 bits per heavy atom. The maximum atomic E-state index is 11.8. The molecule has 2 aliphatic rings. The van der Waals surface area contributed by atoms with Gasteiger partial charge in [0.25, 0.3) is 11.1 Å². The van der Waals surface area contributed by atoms with Gasteiger partial charge in [0.05, 0.1) is 16.3 Å². The number of amides is 2. The van der Waals surface area contributed by atoms with Gasteiger partial charge >= 0.3 is 0 Å². The van der Waals surface area contributed by atoms with Crippen LogP contribution in [0.3, 0.4) is 0 Å². The molecule has 0 bridgehead atoms. The lowest BCUT2D eigenvalue weighted by molar-refractivity contribution is -0.115. The summed E-state index contributed by atoms with van der Waals surface area (Å²) in [7, 11) is 0. The molecule has 0 atom stereocenters. The first kappa shape index (κ1) is 22.7. The number of nitrogens with one attached hydrogen (secondary N) is 2. The zero-order chi connectivity index (χ0) is 23.3. The lowest BCUT2D eigenvalue weighted by atomic mass is 9.97. The molecule has 2 N–H and O–H groups in total. The fraction of sp³-hybridized carbons (Fsp3) is 0.292. The SMILES string of the molecule is O=C1NC(=O)/C(=C\c2ccnc(N3CCC(CNCc4ccc(-c5ccsc5)nc4)CC3)n2)S1. The molecule has 3 aromatic heterocycles. The Balaban J connectivity index is 1.09. The van der Waals surface area contributed by atoms with Gasteiger partial charge in [-0.25, -0.2) is 9.97 Å². The molecule has 0 spiro atoms. The molecule has 34 heavy (non-hydrogen) atoms. The number of imide groups is 1. The molecule has 0 saturated carbocycles.